The molecule has 25 heavy (non-hydrogen) atoms. The zero-order valence-corrected chi connectivity index (χ0v) is 14.7. The van der Waals surface area contributed by atoms with Gasteiger partial charge in [0.25, 0.3) is 0 Å². The molecule has 0 bridgehead atoms. The molecule has 3 rings (SSSR count). The third-order valence-corrected chi connectivity index (χ3v) is 4.21. The fourth-order valence-electron chi connectivity index (χ4n) is 2.65. The largest absolute Gasteiger partial charge is 0.441 e. The lowest BCUT2D eigenvalue weighted by Gasteiger charge is -2.26. The van der Waals surface area contributed by atoms with Crippen molar-refractivity contribution >= 4 is 11.7 Å². The molecule has 1 fully saturated rings. The molecule has 1 aromatic carbocycles. The first-order chi connectivity index (χ1) is 12.1. The third-order valence-electron chi connectivity index (χ3n) is 4.21. The number of urea groups is 1. The van der Waals surface area contributed by atoms with Crippen molar-refractivity contribution in [3.05, 3.63) is 35.7 Å². The topological polar surface area (TPSA) is 79.6 Å². The molecule has 0 spiro atoms. The van der Waals surface area contributed by atoms with Crippen LogP contribution in [0.15, 0.2) is 28.7 Å². The number of hydrogen-bond acceptors (Lipinski definition) is 5. The van der Waals surface area contributed by atoms with E-state index in [1.807, 2.05) is 38.1 Å². The number of benzene rings is 1. The van der Waals surface area contributed by atoms with Gasteiger partial charge in [0, 0.05) is 37.4 Å². The second kappa shape index (κ2) is 8.13. The van der Waals surface area contributed by atoms with Crippen LogP contribution in [0.5, 0.6) is 0 Å². The SMILES string of the molecule is Cc1nc(-c2cccc(NC(=O)NCCN3CCOCC3)c2)oc1C. The standard InChI is InChI=1S/C18H24N4O3/c1-13-14(2)25-17(20-13)15-4-3-5-16(12-15)21-18(23)19-6-7-22-8-10-24-11-9-22/h3-5,12H,6-11H2,1-2H3,(H2,19,21,23). The smallest absolute Gasteiger partial charge is 0.319 e. The normalized spacial score (nSPS) is 15.1. The van der Waals surface area contributed by atoms with Crippen LogP contribution in [-0.4, -0.2) is 55.3 Å². The third kappa shape index (κ3) is 4.80. The number of aryl methyl sites for hydroxylation is 2. The highest BCUT2D eigenvalue weighted by Gasteiger charge is 2.11. The molecule has 1 saturated heterocycles. The van der Waals surface area contributed by atoms with E-state index in [2.05, 4.69) is 20.5 Å². The van der Waals surface area contributed by atoms with Gasteiger partial charge in [0.1, 0.15) is 5.76 Å². The van der Waals surface area contributed by atoms with Crippen molar-refractivity contribution in [3.8, 4) is 11.5 Å². The number of nitrogens with one attached hydrogen (secondary N) is 2. The minimum Gasteiger partial charge on any atom is -0.441 e. The van der Waals surface area contributed by atoms with Crippen LogP contribution in [0.4, 0.5) is 10.5 Å². The summed E-state index contributed by atoms with van der Waals surface area (Å²) in [5.74, 6) is 1.36. The van der Waals surface area contributed by atoms with Crippen molar-refractivity contribution in [2.24, 2.45) is 0 Å². The fourth-order valence-corrected chi connectivity index (χ4v) is 2.65. The maximum absolute atomic E-state index is 12.1. The van der Waals surface area contributed by atoms with E-state index in [-0.39, 0.29) is 6.03 Å². The molecule has 1 aliphatic heterocycles. The van der Waals surface area contributed by atoms with Gasteiger partial charge in [-0.25, -0.2) is 9.78 Å². The highest BCUT2D eigenvalue weighted by Crippen LogP contribution is 2.23. The number of morpholine rings is 1. The highest BCUT2D eigenvalue weighted by atomic mass is 16.5. The summed E-state index contributed by atoms with van der Waals surface area (Å²) in [5, 5.41) is 5.73. The first-order valence-corrected chi connectivity index (χ1v) is 8.51. The maximum atomic E-state index is 12.1. The summed E-state index contributed by atoms with van der Waals surface area (Å²) in [6.45, 7) is 8.58. The molecule has 2 aromatic rings. The van der Waals surface area contributed by atoms with Crippen LogP contribution >= 0.6 is 0 Å². The lowest BCUT2D eigenvalue weighted by atomic mass is 10.2. The summed E-state index contributed by atoms with van der Waals surface area (Å²) < 4.78 is 10.9. The van der Waals surface area contributed by atoms with E-state index in [1.165, 1.54) is 0 Å². The molecule has 0 aliphatic carbocycles. The number of rotatable bonds is 5. The van der Waals surface area contributed by atoms with Gasteiger partial charge in [-0.05, 0) is 32.0 Å². The van der Waals surface area contributed by atoms with E-state index in [4.69, 9.17) is 9.15 Å². The quantitative estimate of drug-likeness (QED) is 0.871. The van der Waals surface area contributed by atoms with Crippen LogP contribution in [0.1, 0.15) is 11.5 Å². The van der Waals surface area contributed by atoms with Crippen LogP contribution in [0, 0.1) is 13.8 Å². The Morgan fingerprint density at radius 1 is 1.28 bits per heavy atom. The summed E-state index contributed by atoms with van der Waals surface area (Å²) in [7, 11) is 0. The van der Waals surface area contributed by atoms with Gasteiger partial charge < -0.3 is 19.8 Å². The summed E-state index contributed by atoms with van der Waals surface area (Å²) in [6, 6.07) is 7.25. The van der Waals surface area contributed by atoms with Gasteiger partial charge in [0.2, 0.25) is 5.89 Å². The molecular weight excluding hydrogens is 320 g/mol. The minimum absolute atomic E-state index is 0.217. The molecule has 2 N–H and O–H groups in total. The molecule has 1 aromatic heterocycles. The Hall–Kier alpha value is -2.38. The van der Waals surface area contributed by atoms with Crippen LogP contribution in [-0.2, 0) is 4.74 Å². The predicted molar refractivity (Wildman–Crippen MR) is 95.7 cm³/mol. The van der Waals surface area contributed by atoms with Gasteiger partial charge in [-0.2, -0.15) is 0 Å². The number of anilines is 1. The van der Waals surface area contributed by atoms with Crippen molar-refractivity contribution in [2.75, 3.05) is 44.7 Å². The molecule has 0 unspecified atom stereocenters. The molecule has 134 valence electrons. The number of nitrogens with zero attached hydrogens (tertiary/aromatic N) is 2. The first kappa shape index (κ1) is 17.4. The zero-order chi connectivity index (χ0) is 17.6. The fraction of sp³-hybridized carbons (Fsp3) is 0.444. The minimum atomic E-state index is -0.217. The van der Waals surface area contributed by atoms with Gasteiger partial charge in [-0.1, -0.05) is 6.07 Å². The summed E-state index contributed by atoms with van der Waals surface area (Å²) in [5.41, 5.74) is 2.41. The molecule has 2 amide bonds. The molecule has 0 radical (unpaired) electrons. The number of oxazole rings is 1. The Labute approximate surface area is 147 Å². The average Bonchev–Trinajstić information content (AvgIpc) is 2.95. The number of amides is 2. The maximum Gasteiger partial charge on any atom is 0.319 e. The number of ether oxygens (including phenoxy) is 1. The van der Waals surface area contributed by atoms with Gasteiger partial charge in [0.15, 0.2) is 0 Å². The first-order valence-electron chi connectivity index (χ1n) is 8.51. The number of hydrogen-bond donors (Lipinski definition) is 2. The molecule has 0 atom stereocenters. The van der Waals surface area contributed by atoms with Crippen LogP contribution in [0.25, 0.3) is 11.5 Å². The predicted octanol–water partition coefficient (Wildman–Crippen LogP) is 2.41. The Morgan fingerprint density at radius 2 is 2.08 bits per heavy atom. The van der Waals surface area contributed by atoms with Crippen molar-refractivity contribution in [1.82, 2.24) is 15.2 Å². The average molecular weight is 344 g/mol. The molecule has 1 aliphatic rings. The molecule has 0 saturated carbocycles. The molecular formula is C18H24N4O3. The molecule has 7 nitrogen and oxygen atoms in total. The number of carbonyl (C=O) groups excluding carboxylic acids is 1. The zero-order valence-electron chi connectivity index (χ0n) is 14.7. The monoisotopic (exact) mass is 344 g/mol. The number of carbonyl (C=O) groups is 1. The van der Waals surface area contributed by atoms with E-state index < -0.39 is 0 Å². The van der Waals surface area contributed by atoms with Crippen LogP contribution in [0.2, 0.25) is 0 Å². The lowest BCUT2D eigenvalue weighted by molar-refractivity contribution is 0.0388. The van der Waals surface area contributed by atoms with Crippen molar-refractivity contribution in [3.63, 3.8) is 0 Å². The van der Waals surface area contributed by atoms with Gasteiger partial charge in [-0.3, -0.25) is 4.90 Å². The Bertz CT molecular complexity index is 703. The molecule has 2 heterocycles. The second-order valence-electron chi connectivity index (χ2n) is 6.08. The van der Waals surface area contributed by atoms with Crippen molar-refractivity contribution < 1.29 is 13.9 Å². The Kier molecular flexibility index (Phi) is 5.67. The van der Waals surface area contributed by atoms with E-state index in [0.29, 0.717) is 18.1 Å². The van der Waals surface area contributed by atoms with Gasteiger partial charge in [0.05, 0.1) is 18.9 Å². The lowest BCUT2D eigenvalue weighted by Crippen LogP contribution is -2.42. The Balaban J connectivity index is 1.52. The highest BCUT2D eigenvalue weighted by molar-refractivity contribution is 5.89. The number of aromatic nitrogens is 1. The van der Waals surface area contributed by atoms with Crippen LogP contribution < -0.4 is 10.6 Å². The van der Waals surface area contributed by atoms with E-state index in [9.17, 15) is 4.79 Å². The van der Waals surface area contributed by atoms with E-state index >= 15 is 0 Å². The molecule has 7 heteroatoms. The van der Waals surface area contributed by atoms with E-state index in [0.717, 1.165) is 49.9 Å². The Morgan fingerprint density at radius 3 is 2.80 bits per heavy atom. The van der Waals surface area contributed by atoms with Gasteiger partial charge in [-0.15, -0.1) is 0 Å². The van der Waals surface area contributed by atoms with Crippen LogP contribution in [0.3, 0.4) is 0 Å². The summed E-state index contributed by atoms with van der Waals surface area (Å²) in [4.78, 5) is 18.7. The van der Waals surface area contributed by atoms with Crippen molar-refractivity contribution in [1.29, 1.82) is 0 Å². The van der Waals surface area contributed by atoms with Gasteiger partial charge >= 0.3 is 6.03 Å². The summed E-state index contributed by atoms with van der Waals surface area (Å²) in [6.07, 6.45) is 0. The van der Waals surface area contributed by atoms with E-state index in [1.54, 1.807) is 0 Å². The summed E-state index contributed by atoms with van der Waals surface area (Å²) >= 11 is 0. The second-order valence-corrected chi connectivity index (χ2v) is 6.08. The van der Waals surface area contributed by atoms with Crippen molar-refractivity contribution in [2.45, 2.75) is 13.8 Å².